The van der Waals surface area contributed by atoms with Crippen LogP contribution in [0.3, 0.4) is 0 Å². The average Bonchev–Trinajstić information content (AvgIpc) is 3.42. The largest absolute Gasteiger partial charge is 0.474 e. The summed E-state index contributed by atoms with van der Waals surface area (Å²) in [6.45, 7) is 3.20. The van der Waals surface area contributed by atoms with Crippen molar-refractivity contribution < 1.29 is 17.9 Å². The molecule has 1 heterocycles. The Hall–Kier alpha value is -3.05. The summed E-state index contributed by atoms with van der Waals surface area (Å²) in [4.78, 5) is 0. The monoisotopic (exact) mass is 432 g/mol. The predicted molar refractivity (Wildman–Crippen MR) is 103 cm³/mol. The lowest BCUT2D eigenvalue weighted by Crippen LogP contribution is -2.30. The van der Waals surface area contributed by atoms with Crippen molar-refractivity contribution in [3.05, 3.63) is 64.2 Å². The molecule has 0 atom stereocenters. The maximum Gasteiger partial charge on any atom is 0.192 e. The molecular formula is C21H16ClF3N4O. The Morgan fingerprint density at radius 1 is 1.10 bits per heavy atom. The molecule has 0 amide bonds. The molecule has 1 aromatic heterocycles. The number of halogens is 4. The lowest BCUT2D eigenvalue weighted by Gasteiger charge is -2.27. The number of ether oxygens (including phenoxy) is 1. The smallest absolute Gasteiger partial charge is 0.192 e. The Labute approximate surface area is 175 Å². The Kier molecular flexibility index (Phi) is 4.94. The molecule has 1 saturated carbocycles. The first-order valence-corrected chi connectivity index (χ1v) is 9.58. The zero-order valence-corrected chi connectivity index (χ0v) is 16.8. The highest BCUT2D eigenvalue weighted by Crippen LogP contribution is 2.42. The van der Waals surface area contributed by atoms with E-state index in [4.69, 9.17) is 21.6 Å². The molecule has 0 aliphatic heterocycles. The van der Waals surface area contributed by atoms with Crippen LogP contribution in [0.25, 0.3) is 11.4 Å². The highest BCUT2D eigenvalue weighted by atomic mass is 35.5. The molecule has 0 saturated heterocycles. The number of nitrogens with zero attached hydrogens (tertiary/aromatic N) is 4. The topological polar surface area (TPSA) is 63.7 Å². The van der Waals surface area contributed by atoms with Crippen LogP contribution in [0.5, 0.6) is 5.75 Å². The lowest BCUT2D eigenvalue weighted by atomic mass is 10.1. The van der Waals surface area contributed by atoms with Gasteiger partial charge in [-0.2, -0.15) is 5.26 Å². The second-order valence-corrected chi connectivity index (χ2v) is 8.00. The number of benzene rings is 2. The minimum atomic E-state index is -1.29. The van der Waals surface area contributed by atoms with Crippen molar-refractivity contribution in [1.82, 2.24) is 14.8 Å². The van der Waals surface area contributed by atoms with E-state index in [0.29, 0.717) is 5.82 Å². The van der Waals surface area contributed by atoms with Gasteiger partial charge in [0.1, 0.15) is 5.82 Å². The van der Waals surface area contributed by atoms with Gasteiger partial charge in [-0.1, -0.05) is 11.6 Å². The highest BCUT2D eigenvalue weighted by molar-refractivity contribution is 6.30. The van der Waals surface area contributed by atoms with E-state index in [-0.39, 0.29) is 28.0 Å². The zero-order valence-electron chi connectivity index (χ0n) is 16.1. The van der Waals surface area contributed by atoms with Gasteiger partial charge >= 0.3 is 0 Å². The van der Waals surface area contributed by atoms with Crippen molar-refractivity contribution in [3.63, 3.8) is 0 Å². The van der Waals surface area contributed by atoms with Gasteiger partial charge in [0, 0.05) is 11.1 Å². The van der Waals surface area contributed by atoms with Gasteiger partial charge in [0.15, 0.2) is 34.6 Å². The molecule has 0 bridgehead atoms. The second kappa shape index (κ2) is 7.33. The van der Waals surface area contributed by atoms with Gasteiger partial charge in [-0.25, -0.2) is 13.2 Å². The number of aromatic nitrogens is 3. The molecule has 30 heavy (non-hydrogen) atoms. The number of rotatable bonds is 5. The van der Waals surface area contributed by atoms with E-state index in [1.165, 1.54) is 12.1 Å². The fraction of sp³-hybridized carbons (Fsp3) is 0.286. The molecule has 0 radical (unpaired) electrons. The van der Waals surface area contributed by atoms with Crippen molar-refractivity contribution in [3.8, 4) is 23.2 Å². The normalized spacial score (nSPS) is 13.9. The Morgan fingerprint density at radius 2 is 1.77 bits per heavy atom. The first-order chi connectivity index (χ1) is 14.2. The third-order valence-corrected chi connectivity index (χ3v) is 5.02. The Morgan fingerprint density at radius 3 is 2.33 bits per heavy atom. The average molecular weight is 433 g/mol. The van der Waals surface area contributed by atoms with E-state index in [0.717, 1.165) is 31.0 Å². The van der Waals surface area contributed by atoms with Crippen LogP contribution in [0.15, 0.2) is 30.3 Å². The molecule has 1 aliphatic carbocycles. The summed E-state index contributed by atoms with van der Waals surface area (Å²) in [6.07, 6.45) is 1.66. The fourth-order valence-corrected chi connectivity index (χ4v) is 3.45. The summed E-state index contributed by atoms with van der Waals surface area (Å²) in [5.74, 6) is -2.50. The van der Waals surface area contributed by atoms with Crippen molar-refractivity contribution in [2.45, 2.75) is 38.3 Å². The van der Waals surface area contributed by atoms with E-state index in [1.54, 1.807) is 18.4 Å². The predicted octanol–water partition coefficient (Wildman–Crippen LogP) is 5.54. The maximum atomic E-state index is 14.6. The van der Waals surface area contributed by atoms with E-state index >= 15 is 0 Å². The quantitative estimate of drug-likeness (QED) is 0.531. The summed E-state index contributed by atoms with van der Waals surface area (Å²) in [6, 6.07) is 7.90. The van der Waals surface area contributed by atoms with Gasteiger partial charge in [0.25, 0.3) is 0 Å². The van der Waals surface area contributed by atoms with Crippen molar-refractivity contribution in [1.29, 1.82) is 5.26 Å². The Bertz CT molecular complexity index is 1160. The fourth-order valence-electron chi connectivity index (χ4n) is 3.26. The third-order valence-electron chi connectivity index (χ3n) is 4.81. The van der Waals surface area contributed by atoms with Crippen LogP contribution in [-0.2, 0) is 5.60 Å². The second-order valence-electron chi connectivity index (χ2n) is 7.57. The van der Waals surface area contributed by atoms with Crippen LogP contribution in [0.1, 0.15) is 44.1 Å². The van der Waals surface area contributed by atoms with E-state index in [9.17, 15) is 13.2 Å². The van der Waals surface area contributed by atoms with Gasteiger partial charge in [0.2, 0.25) is 0 Å². The summed E-state index contributed by atoms with van der Waals surface area (Å²) < 4.78 is 50.5. The third kappa shape index (κ3) is 3.61. The van der Waals surface area contributed by atoms with E-state index in [1.807, 2.05) is 6.07 Å². The summed E-state index contributed by atoms with van der Waals surface area (Å²) in [5.41, 5.74) is -0.919. The first kappa shape index (κ1) is 20.2. The van der Waals surface area contributed by atoms with Crippen molar-refractivity contribution >= 4 is 11.6 Å². The lowest BCUT2D eigenvalue weighted by molar-refractivity contribution is 0.0825. The van der Waals surface area contributed by atoms with Crippen LogP contribution in [-0.4, -0.2) is 14.8 Å². The van der Waals surface area contributed by atoms with Gasteiger partial charge in [-0.15, -0.1) is 10.2 Å². The number of hydrogen-bond acceptors (Lipinski definition) is 4. The summed E-state index contributed by atoms with van der Waals surface area (Å²) in [7, 11) is 0. The minimum Gasteiger partial charge on any atom is -0.474 e. The molecule has 2 aromatic carbocycles. The van der Waals surface area contributed by atoms with Gasteiger partial charge in [-0.05, 0) is 57.0 Å². The SMILES string of the molecule is CC(C)(Oc1c(F)cc(Cl)cc1F)c1nnc(-c2ccc(C#N)cc2F)n1C1CC1. The minimum absolute atomic E-state index is 0.0165. The molecule has 1 fully saturated rings. The molecular weight excluding hydrogens is 417 g/mol. The van der Waals surface area contributed by atoms with Crippen LogP contribution in [0.4, 0.5) is 13.2 Å². The molecule has 0 spiro atoms. The molecule has 154 valence electrons. The molecule has 0 unspecified atom stereocenters. The molecule has 4 rings (SSSR count). The molecule has 0 N–H and O–H groups in total. The van der Waals surface area contributed by atoms with Gasteiger partial charge in [0.05, 0.1) is 17.2 Å². The molecule has 5 nitrogen and oxygen atoms in total. The highest BCUT2D eigenvalue weighted by Gasteiger charge is 2.38. The van der Waals surface area contributed by atoms with Gasteiger partial charge in [-0.3, -0.25) is 0 Å². The number of hydrogen-bond donors (Lipinski definition) is 0. The van der Waals surface area contributed by atoms with E-state index in [2.05, 4.69) is 10.2 Å². The van der Waals surface area contributed by atoms with Crippen LogP contribution >= 0.6 is 11.6 Å². The summed E-state index contributed by atoms with van der Waals surface area (Å²) >= 11 is 5.68. The zero-order chi connectivity index (χ0) is 21.6. The van der Waals surface area contributed by atoms with E-state index < -0.39 is 28.8 Å². The Balaban J connectivity index is 1.78. The van der Waals surface area contributed by atoms with Gasteiger partial charge < -0.3 is 9.30 Å². The maximum absolute atomic E-state index is 14.6. The van der Waals surface area contributed by atoms with Crippen LogP contribution < -0.4 is 4.74 Å². The molecule has 1 aliphatic rings. The summed E-state index contributed by atoms with van der Waals surface area (Å²) in [5, 5.41) is 17.2. The van der Waals surface area contributed by atoms with Crippen molar-refractivity contribution in [2.75, 3.05) is 0 Å². The first-order valence-electron chi connectivity index (χ1n) is 9.20. The molecule has 9 heteroatoms. The molecule has 3 aromatic rings. The van der Waals surface area contributed by atoms with Crippen LogP contribution in [0.2, 0.25) is 5.02 Å². The number of nitriles is 1. The van der Waals surface area contributed by atoms with Crippen LogP contribution in [0, 0.1) is 28.8 Å². The standard InChI is InChI=1S/C21H16ClF3N4O/c1-21(2,30-18-16(24)8-12(22)9-17(18)25)20-28-27-19(29(20)13-4-5-13)14-6-3-11(10-26)7-15(14)23/h3,6-9,13H,4-5H2,1-2H3. The van der Waals surface area contributed by atoms with Crippen molar-refractivity contribution in [2.24, 2.45) is 0 Å².